The number of carbonyl (C=O) groups excluding carboxylic acids is 1. The van der Waals surface area contributed by atoms with Crippen LogP contribution in [0.3, 0.4) is 0 Å². The molecule has 1 amide bonds. The molecular formula is C25H32ClN5OS. The number of aromatic nitrogens is 3. The van der Waals surface area contributed by atoms with E-state index in [0.717, 1.165) is 17.1 Å². The lowest BCUT2D eigenvalue weighted by Gasteiger charge is -2.36. The quantitative estimate of drug-likeness (QED) is 0.396. The van der Waals surface area contributed by atoms with Crippen LogP contribution in [0.4, 0.5) is 0 Å². The second kappa shape index (κ2) is 10.7. The number of amides is 1. The van der Waals surface area contributed by atoms with Crippen LogP contribution in [0.2, 0.25) is 5.02 Å². The second-order valence-electron chi connectivity index (χ2n) is 9.22. The Balaban J connectivity index is 1.86. The predicted molar refractivity (Wildman–Crippen MR) is 136 cm³/mol. The normalized spacial score (nSPS) is 12.7. The standard InChI is InChI=1S/C25H32ClN5OS/c1-18(29(5)6)23-27-28-24(31(23)21-14-12-20(26)13-15-21)33-17-22(32)30(25(2,3)4)16-19-10-8-7-9-11-19/h7-15,18H,16-17H2,1-6H3/t18-/m0/s1. The maximum Gasteiger partial charge on any atom is 0.233 e. The van der Waals surface area contributed by atoms with Crippen LogP contribution in [-0.4, -0.2) is 55.9 Å². The smallest absolute Gasteiger partial charge is 0.233 e. The summed E-state index contributed by atoms with van der Waals surface area (Å²) in [6.45, 7) is 8.83. The molecule has 176 valence electrons. The van der Waals surface area contributed by atoms with Crippen molar-refractivity contribution in [3.05, 3.63) is 71.0 Å². The largest absolute Gasteiger partial charge is 0.333 e. The van der Waals surface area contributed by atoms with Crippen molar-refractivity contribution in [2.45, 2.75) is 51.0 Å². The van der Waals surface area contributed by atoms with E-state index in [1.807, 2.05) is 78.2 Å². The van der Waals surface area contributed by atoms with Gasteiger partial charge in [-0.2, -0.15) is 0 Å². The minimum atomic E-state index is -0.304. The number of halogens is 1. The molecule has 0 spiro atoms. The van der Waals surface area contributed by atoms with Crippen molar-refractivity contribution in [1.29, 1.82) is 0 Å². The lowest BCUT2D eigenvalue weighted by molar-refractivity contribution is -0.133. The van der Waals surface area contributed by atoms with Gasteiger partial charge in [-0.1, -0.05) is 53.7 Å². The van der Waals surface area contributed by atoms with E-state index in [1.54, 1.807) is 0 Å². The van der Waals surface area contributed by atoms with E-state index >= 15 is 0 Å². The van der Waals surface area contributed by atoms with Gasteiger partial charge in [0.25, 0.3) is 0 Å². The fraction of sp³-hybridized carbons (Fsp3) is 0.400. The summed E-state index contributed by atoms with van der Waals surface area (Å²) < 4.78 is 2.01. The minimum Gasteiger partial charge on any atom is -0.333 e. The first-order valence-corrected chi connectivity index (χ1v) is 12.3. The topological polar surface area (TPSA) is 54.3 Å². The van der Waals surface area contributed by atoms with Gasteiger partial charge in [0.1, 0.15) is 0 Å². The molecule has 33 heavy (non-hydrogen) atoms. The first-order chi connectivity index (χ1) is 15.6. The predicted octanol–water partition coefficient (Wildman–Crippen LogP) is 5.46. The van der Waals surface area contributed by atoms with Gasteiger partial charge in [-0.15, -0.1) is 10.2 Å². The van der Waals surface area contributed by atoms with Crippen molar-refractivity contribution >= 4 is 29.3 Å². The zero-order valence-corrected chi connectivity index (χ0v) is 21.7. The van der Waals surface area contributed by atoms with E-state index < -0.39 is 0 Å². The van der Waals surface area contributed by atoms with E-state index in [9.17, 15) is 4.79 Å². The molecule has 3 aromatic rings. The zero-order valence-electron chi connectivity index (χ0n) is 20.1. The summed E-state index contributed by atoms with van der Waals surface area (Å²) in [5, 5.41) is 10.3. The lowest BCUT2D eigenvalue weighted by Crippen LogP contribution is -2.45. The summed E-state index contributed by atoms with van der Waals surface area (Å²) in [7, 11) is 4.01. The molecule has 6 nitrogen and oxygen atoms in total. The number of carbonyl (C=O) groups is 1. The van der Waals surface area contributed by atoms with Crippen LogP contribution in [-0.2, 0) is 11.3 Å². The summed E-state index contributed by atoms with van der Waals surface area (Å²) >= 11 is 7.51. The molecule has 1 aromatic heterocycles. The Morgan fingerprint density at radius 3 is 2.27 bits per heavy atom. The Labute approximate surface area is 205 Å². The van der Waals surface area contributed by atoms with Gasteiger partial charge < -0.3 is 4.90 Å². The van der Waals surface area contributed by atoms with Crippen LogP contribution >= 0.6 is 23.4 Å². The number of benzene rings is 2. The fourth-order valence-electron chi connectivity index (χ4n) is 3.38. The van der Waals surface area contributed by atoms with Crippen molar-refractivity contribution in [2.24, 2.45) is 0 Å². The maximum absolute atomic E-state index is 13.3. The second-order valence-corrected chi connectivity index (χ2v) is 10.6. The van der Waals surface area contributed by atoms with Crippen LogP contribution in [0.15, 0.2) is 59.8 Å². The third-order valence-corrected chi connectivity index (χ3v) is 6.68. The molecule has 3 rings (SSSR count). The van der Waals surface area contributed by atoms with E-state index in [-0.39, 0.29) is 23.2 Å². The van der Waals surface area contributed by atoms with Crippen LogP contribution < -0.4 is 0 Å². The highest BCUT2D eigenvalue weighted by Crippen LogP contribution is 2.28. The first-order valence-electron chi connectivity index (χ1n) is 10.9. The third kappa shape index (κ3) is 6.37. The molecule has 0 aliphatic carbocycles. The van der Waals surface area contributed by atoms with Gasteiger partial charge in [0.15, 0.2) is 11.0 Å². The summed E-state index contributed by atoms with van der Waals surface area (Å²) in [5.41, 5.74) is 1.72. The van der Waals surface area contributed by atoms with Crippen LogP contribution in [0.25, 0.3) is 5.69 Å². The fourth-order valence-corrected chi connectivity index (χ4v) is 4.34. The molecule has 0 aliphatic rings. The monoisotopic (exact) mass is 485 g/mol. The third-order valence-electron chi connectivity index (χ3n) is 5.51. The van der Waals surface area contributed by atoms with Gasteiger partial charge in [0.2, 0.25) is 5.91 Å². The molecule has 0 unspecified atom stereocenters. The molecule has 0 aliphatic heterocycles. The molecule has 0 bridgehead atoms. The van der Waals surface area contributed by atoms with Gasteiger partial charge in [-0.25, -0.2) is 0 Å². The molecule has 0 fully saturated rings. The first kappa shape index (κ1) is 25.3. The molecule has 2 aromatic carbocycles. The summed E-state index contributed by atoms with van der Waals surface area (Å²) in [6, 6.07) is 17.7. The van der Waals surface area contributed by atoms with Crippen molar-refractivity contribution in [1.82, 2.24) is 24.6 Å². The number of rotatable bonds is 8. The molecule has 0 saturated carbocycles. The summed E-state index contributed by atoms with van der Waals surface area (Å²) in [6.07, 6.45) is 0. The number of hydrogen-bond donors (Lipinski definition) is 0. The van der Waals surface area contributed by atoms with Crippen LogP contribution in [0, 0.1) is 0 Å². The van der Waals surface area contributed by atoms with E-state index in [4.69, 9.17) is 11.6 Å². The highest BCUT2D eigenvalue weighted by Gasteiger charge is 2.28. The molecule has 8 heteroatoms. The Hall–Kier alpha value is -2.35. The van der Waals surface area contributed by atoms with Crippen molar-refractivity contribution < 1.29 is 4.79 Å². The van der Waals surface area contributed by atoms with Crippen LogP contribution in [0.1, 0.15) is 45.1 Å². The molecule has 1 atom stereocenters. The van der Waals surface area contributed by atoms with Crippen molar-refractivity contribution in [2.75, 3.05) is 19.8 Å². The van der Waals surface area contributed by atoms with Crippen molar-refractivity contribution in [3.8, 4) is 5.69 Å². The molecular weight excluding hydrogens is 454 g/mol. The maximum atomic E-state index is 13.3. The highest BCUT2D eigenvalue weighted by atomic mass is 35.5. The van der Waals surface area contributed by atoms with E-state index in [1.165, 1.54) is 11.8 Å². The number of thioether (sulfide) groups is 1. The van der Waals surface area contributed by atoms with Gasteiger partial charge in [0.05, 0.1) is 11.8 Å². The highest BCUT2D eigenvalue weighted by molar-refractivity contribution is 7.99. The van der Waals surface area contributed by atoms with E-state index in [2.05, 4.69) is 42.8 Å². The van der Waals surface area contributed by atoms with Gasteiger partial charge in [-0.3, -0.25) is 14.3 Å². The Morgan fingerprint density at radius 1 is 1.06 bits per heavy atom. The van der Waals surface area contributed by atoms with E-state index in [0.29, 0.717) is 16.7 Å². The van der Waals surface area contributed by atoms with Gasteiger partial charge >= 0.3 is 0 Å². The number of nitrogens with zero attached hydrogens (tertiary/aromatic N) is 5. The lowest BCUT2D eigenvalue weighted by atomic mass is 10.0. The molecule has 1 heterocycles. The van der Waals surface area contributed by atoms with Crippen molar-refractivity contribution in [3.63, 3.8) is 0 Å². The Kier molecular flexibility index (Phi) is 8.21. The average Bonchev–Trinajstić information content (AvgIpc) is 3.19. The Morgan fingerprint density at radius 2 is 1.70 bits per heavy atom. The van der Waals surface area contributed by atoms with Gasteiger partial charge in [-0.05, 0) is 71.6 Å². The number of hydrogen-bond acceptors (Lipinski definition) is 5. The Bertz CT molecular complexity index is 1060. The van der Waals surface area contributed by atoms with Gasteiger partial charge in [0, 0.05) is 22.8 Å². The molecule has 0 N–H and O–H groups in total. The SMILES string of the molecule is C[C@@H](c1nnc(SCC(=O)N(Cc2ccccc2)C(C)(C)C)n1-c1ccc(Cl)cc1)N(C)C. The average molecular weight is 486 g/mol. The van der Waals surface area contributed by atoms with Crippen LogP contribution in [0.5, 0.6) is 0 Å². The molecule has 0 radical (unpaired) electrons. The zero-order chi connectivity index (χ0) is 24.2. The molecule has 0 saturated heterocycles. The summed E-state index contributed by atoms with van der Waals surface area (Å²) in [5.74, 6) is 1.14. The summed E-state index contributed by atoms with van der Waals surface area (Å²) in [4.78, 5) is 17.3. The minimum absolute atomic E-state index is 0.0439.